The molecule has 15 heavy (non-hydrogen) atoms. The van der Waals surface area contributed by atoms with Gasteiger partial charge in [0.1, 0.15) is 0 Å². The minimum absolute atomic E-state index is 0.785. The van der Waals surface area contributed by atoms with Crippen LogP contribution in [0.3, 0.4) is 0 Å². The first kappa shape index (κ1) is 12.6. The van der Waals surface area contributed by atoms with Crippen LogP contribution in [0.1, 0.15) is 31.7 Å². The van der Waals surface area contributed by atoms with Crippen LogP contribution in [0, 0.1) is 0 Å². The van der Waals surface area contributed by atoms with Crippen LogP contribution >= 0.6 is 11.8 Å². The van der Waals surface area contributed by atoms with E-state index in [2.05, 4.69) is 31.2 Å². The summed E-state index contributed by atoms with van der Waals surface area (Å²) in [7, 11) is 0. The van der Waals surface area contributed by atoms with E-state index in [9.17, 15) is 0 Å². The lowest BCUT2D eigenvalue weighted by atomic mass is 10.1. The third kappa shape index (κ3) is 5.24. The van der Waals surface area contributed by atoms with Gasteiger partial charge in [0.05, 0.1) is 0 Å². The number of hydrogen-bond acceptors (Lipinski definition) is 2. The summed E-state index contributed by atoms with van der Waals surface area (Å²) < 4.78 is 0. The van der Waals surface area contributed by atoms with Crippen molar-refractivity contribution in [2.24, 2.45) is 5.73 Å². The minimum Gasteiger partial charge on any atom is -0.330 e. The van der Waals surface area contributed by atoms with Gasteiger partial charge < -0.3 is 5.73 Å². The highest BCUT2D eigenvalue weighted by Gasteiger charge is 1.96. The number of unbranched alkanes of at least 4 members (excludes halogenated alkanes) is 1. The topological polar surface area (TPSA) is 26.0 Å². The predicted molar refractivity (Wildman–Crippen MR) is 69.4 cm³/mol. The van der Waals surface area contributed by atoms with E-state index in [-0.39, 0.29) is 0 Å². The molecule has 2 heteroatoms. The van der Waals surface area contributed by atoms with E-state index in [0.717, 1.165) is 19.4 Å². The van der Waals surface area contributed by atoms with Crippen LogP contribution in [0.15, 0.2) is 29.2 Å². The largest absolute Gasteiger partial charge is 0.330 e. The normalized spacial score (nSPS) is 10.5. The Balaban J connectivity index is 2.42. The molecule has 0 bridgehead atoms. The van der Waals surface area contributed by atoms with Crippen molar-refractivity contribution < 1.29 is 0 Å². The highest BCUT2D eigenvalue weighted by molar-refractivity contribution is 7.99. The molecule has 0 heterocycles. The molecule has 0 unspecified atom stereocenters. The van der Waals surface area contributed by atoms with Crippen molar-refractivity contribution >= 4 is 11.8 Å². The number of benzene rings is 1. The van der Waals surface area contributed by atoms with Gasteiger partial charge in [0, 0.05) is 4.90 Å². The van der Waals surface area contributed by atoms with Gasteiger partial charge in [0.25, 0.3) is 0 Å². The lowest BCUT2D eigenvalue weighted by Crippen LogP contribution is -2.00. The van der Waals surface area contributed by atoms with Crippen LogP contribution in [0.5, 0.6) is 0 Å². The Hall–Kier alpha value is -0.470. The van der Waals surface area contributed by atoms with Gasteiger partial charge in [-0.25, -0.2) is 0 Å². The molecule has 1 nitrogen and oxygen atoms in total. The zero-order chi connectivity index (χ0) is 10.9. The summed E-state index contributed by atoms with van der Waals surface area (Å²) in [5.74, 6) is 1.23. The molecule has 0 aliphatic rings. The van der Waals surface area contributed by atoms with Gasteiger partial charge in [-0.3, -0.25) is 0 Å². The van der Waals surface area contributed by atoms with Gasteiger partial charge >= 0.3 is 0 Å². The molecule has 0 aliphatic carbocycles. The Morgan fingerprint density at radius 3 is 2.87 bits per heavy atom. The molecular weight excluding hydrogens is 202 g/mol. The second-order valence-electron chi connectivity index (χ2n) is 3.74. The summed E-state index contributed by atoms with van der Waals surface area (Å²) >= 11 is 1.96. The van der Waals surface area contributed by atoms with E-state index in [0.29, 0.717) is 0 Å². The maximum atomic E-state index is 5.51. The zero-order valence-corrected chi connectivity index (χ0v) is 10.4. The van der Waals surface area contributed by atoms with Gasteiger partial charge in [-0.1, -0.05) is 25.5 Å². The highest BCUT2D eigenvalue weighted by atomic mass is 32.2. The van der Waals surface area contributed by atoms with Crippen molar-refractivity contribution in [3.8, 4) is 0 Å². The van der Waals surface area contributed by atoms with Crippen LogP contribution in [0.25, 0.3) is 0 Å². The fourth-order valence-electron chi connectivity index (χ4n) is 1.43. The molecule has 0 aromatic heterocycles. The average molecular weight is 223 g/mol. The summed E-state index contributed by atoms with van der Waals surface area (Å²) in [5, 5.41) is 0. The van der Waals surface area contributed by atoms with E-state index >= 15 is 0 Å². The SMILES string of the molecule is CCCCSc1cccc(CCCN)c1. The maximum Gasteiger partial charge on any atom is 0.00746 e. The lowest BCUT2D eigenvalue weighted by molar-refractivity contribution is 0.830. The molecule has 84 valence electrons. The quantitative estimate of drug-likeness (QED) is 0.566. The summed E-state index contributed by atoms with van der Waals surface area (Å²) in [6, 6.07) is 8.85. The first-order valence-corrected chi connectivity index (χ1v) is 6.77. The molecule has 0 atom stereocenters. The van der Waals surface area contributed by atoms with Crippen LogP contribution in [0.2, 0.25) is 0 Å². The second kappa shape index (κ2) is 7.77. The van der Waals surface area contributed by atoms with Crippen LogP contribution in [0.4, 0.5) is 0 Å². The van der Waals surface area contributed by atoms with Gasteiger partial charge in [-0.15, -0.1) is 11.8 Å². The molecule has 1 aromatic rings. The monoisotopic (exact) mass is 223 g/mol. The molecule has 0 saturated carbocycles. The first-order valence-electron chi connectivity index (χ1n) is 5.78. The van der Waals surface area contributed by atoms with Crippen molar-refractivity contribution in [1.29, 1.82) is 0 Å². The maximum absolute atomic E-state index is 5.51. The van der Waals surface area contributed by atoms with Crippen LogP contribution in [-0.4, -0.2) is 12.3 Å². The standard InChI is InChI=1S/C13H21NS/c1-2-3-10-15-13-8-4-6-12(11-13)7-5-9-14/h4,6,8,11H,2-3,5,7,9-10,14H2,1H3. The molecule has 0 fully saturated rings. The van der Waals surface area contributed by atoms with E-state index in [4.69, 9.17) is 5.73 Å². The van der Waals surface area contributed by atoms with Gasteiger partial charge in [0.2, 0.25) is 0 Å². The minimum atomic E-state index is 0.785. The fraction of sp³-hybridized carbons (Fsp3) is 0.538. The Morgan fingerprint density at radius 1 is 1.27 bits per heavy atom. The molecular formula is C13H21NS. The Morgan fingerprint density at radius 2 is 2.13 bits per heavy atom. The van der Waals surface area contributed by atoms with Crippen LogP contribution in [-0.2, 0) is 6.42 Å². The molecule has 2 N–H and O–H groups in total. The lowest BCUT2D eigenvalue weighted by Gasteiger charge is -2.04. The fourth-order valence-corrected chi connectivity index (χ4v) is 2.51. The van der Waals surface area contributed by atoms with Gasteiger partial charge in [-0.2, -0.15) is 0 Å². The molecule has 0 spiro atoms. The Kier molecular flexibility index (Phi) is 6.53. The van der Waals surface area contributed by atoms with E-state index in [1.54, 1.807) is 0 Å². The molecule has 1 aromatic carbocycles. The van der Waals surface area contributed by atoms with Gasteiger partial charge in [-0.05, 0) is 49.3 Å². The Bertz CT molecular complexity index is 273. The van der Waals surface area contributed by atoms with Crippen molar-refractivity contribution in [2.75, 3.05) is 12.3 Å². The van der Waals surface area contributed by atoms with E-state index in [1.165, 1.54) is 29.1 Å². The average Bonchev–Trinajstić information content (AvgIpc) is 2.27. The third-order valence-electron chi connectivity index (χ3n) is 2.33. The smallest absolute Gasteiger partial charge is 0.00746 e. The molecule has 0 amide bonds. The van der Waals surface area contributed by atoms with Crippen molar-refractivity contribution in [1.82, 2.24) is 0 Å². The summed E-state index contributed by atoms with van der Waals surface area (Å²) in [6.45, 7) is 3.02. The van der Waals surface area contributed by atoms with Gasteiger partial charge in [0.15, 0.2) is 0 Å². The van der Waals surface area contributed by atoms with Crippen molar-refractivity contribution in [2.45, 2.75) is 37.5 Å². The Labute approximate surface area is 97.4 Å². The number of thioether (sulfide) groups is 1. The number of rotatable bonds is 7. The highest BCUT2D eigenvalue weighted by Crippen LogP contribution is 2.20. The number of nitrogens with two attached hydrogens (primary N) is 1. The zero-order valence-electron chi connectivity index (χ0n) is 9.54. The third-order valence-corrected chi connectivity index (χ3v) is 3.41. The summed E-state index contributed by atoms with van der Waals surface area (Å²) in [5.41, 5.74) is 6.93. The van der Waals surface area contributed by atoms with Crippen molar-refractivity contribution in [3.63, 3.8) is 0 Å². The molecule has 0 radical (unpaired) electrons. The summed E-state index contributed by atoms with van der Waals surface area (Å²) in [4.78, 5) is 1.40. The molecule has 0 aliphatic heterocycles. The van der Waals surface area contributed by atoms with Crippen molar-refractivity contribution in [3.05, 3.63) is 29.8 Å². The second-order valence-corrected chi connectivity index (χ2v) is 4.91. The predicted octanol–water partition coefficient (Wildman–Crippen LogP) is 3.47. The van der Waals surface area contributed by atoms with E-state index in [1.807, 2.05) is 11.8 Å². The summed E-state index contributed by atoms with van der Waals surface area (Å²) in [6.07, 6.45) is 4.78. The number of aryl methyl sites for hydroxylation is 1. The van der Waals surface area contributed by atoms with E-state index < -0.39 is 0 Å². The molecule has 1 rings (SSSR count). The number of hydrogen-bond donors (Lipinski definition) is 1. The first-order chi connectivity index (χ1) is 7.36. The van der Waals surface area contributed by atoms with Crippen LogP contribution < -0.4 is 5.73 Å². The molecule has 0 saturated heterocycles.